The molecule has 23 heavy (non-hydrogen) atoms. The number of benzene rings is 1. The Kier molecular flexibility index (Phi) is 5.45. The number of halogens is 1. The summed E-state index contributed by atoms with van der Waals surface area (Å²) in [4.78, 5) is 12.4. The first-order chi connectivity index (χ1) is 11.0. The summed E-state index contributed by atoms with van der Waals surface area (Å²) in [6.45, 7) is 3.84. The molecule has 1 atom stereocenters. The largest absolute Gasteiger partial charge is 0.463 e. The fourth-order valence-corrected chi connectivity index (χ4v) is 2.77. The van der Waals surface area contributed by atoms with Gasteiger partial charge in [0.05, 0.1) is 18.1 Å². The van der Waals surface area contributed by atoms with Crippen molar-refractivity contribution in [2.24, 2.45) is 5.73 Å². The molecule has 0 aliphatic carbocycles. The van der Waals surface area contributed by atoms with Gasteiger partial charge in [-0.2, -0.15) is 5.26 Å². The number of esters is 1. The molecule has 0 amide bonds. The molecule has 0 bridgehead atoms. The zero-order valence-corrected chi connectivity index (χ0v) is 14.5. The van der Waals surface area contributed by atoms with Crippen molar-refractivity contribution in [2.75, 3.05) is 6.61 Å². The summed E-state index contributed by atoms with van der Waals surface area (Å²) in [5.74, 6) is -0.605. The van der Waals surface area contributed by atoms with Gasteiger partial charge in [-0.05, 0) is 24.6 Å². The lowest BCUT2D eigenvalue weighted by molar-refractivity contribution is -0.139. The molecule has 0 radical (unpaired) electrons. The van der Waals surface area contributed by atoms with Crippen molar-refractivity contribution in [3.05, 3.63) is 57.1 Å². The van der Waals surface area contributed by atoms with Crippen LogP contribution in [0.25, 0.3) is 0 Å². The number of carbonyl (C=O) groups excluding carboxylic acids is 1. The Bertz CT molecular complexity index is 714. The molecule has 1 aliphatic rings. The zero-order chi connectivity index (χ0) is 17.0. The quantitative estimate of drug-likeness (QED) is 0.812. The fourth-order valence-electron chi connectivity index (χ4n) is 2.50. The summed E-state index contributed by atoms with van der Waals surface area (Å²) in [6, 6.07) is 9.46. The second-order valence-electron chi connectivity index (χ2n) is 4.89. The van der Waals surface area contributed by atoms with Crippen LogP contribution in [0.1, 0.15) is 31.7 Å². The maximum Gasteiger partial charge on any atom is 0.338 e. The topological polar surface area (TPSA) is 85.3 Å². The van der Waals surface area contributed by atoms with Gasteiger partial charge in [0.25, 0.3) is 0 Å². The molecule has 2 rings (SSSR count). The second-order valence-corrected chi connectivity index (χ2v) is 5.80. The van der Waals surface area contributed by atoms with Crippen LogP contribution in [-0.4, -0.2) is 12.6 Å². The number of nitrogens with zero attached hydrogens (tertiary/aromatic N) is 1. The first-order valence-corrected chi connectivity index (χ1v) is 8.05. The molecule has 1 aromatic carbocycles. The molecule has 2 N–H and O–H groups in total. The van der Waals surface area contributed by atoms with Crippen LogP contribution in [0.4, 0.5) is 0 Å². The van der Waals surface area contributed by atoms with Crippen molar-refractivity contribution in [3.63, 3.8) is 0 Å². The molecule has 0 fully saturated rings. The Balaban J connectivity index is 2.63. The molecular weight excluding hydrogens is 360 g/mol. The number of hydrogen-bond donors (Lipinski definition) is 1. The van der Waals surface area contributed by atoms with Crippen molar-refractivity contribution >= 4 is 21.9 Å². The summed E-state index contributed by atoms with van der Waals surface area (Å²) in [6.07, 6.45) is 0.473. The Morgan fingerprint density at radius 2 is 2.04 bits per heavy atom. The van der Waals surface area contributed by atoms with E-state index in [1.165, 1.54) is 0 Å². The molecule has 0 saturated carbocycles. The van der Waals surface area contributed by atoms with Gasteiger partial charge in [0.15, 0.2) is 0 Å². The van der Waals surface area contributed by atoms with Gasteiger partial charge in [-0.1, -0.05) is 35.0 Å². The average Bonchev–Trinajstić information content (AvgIpc) is 2.54. The van der Waals surface area contributed by atoms with Crippen molar-refractivity contribution in [2.45, 2.75) is 26.2 Å². The maximum atomic E-state index is 12.4. The predicted molar refractivity (Wildman–Crippen MR) is 88.7 cm³/mol. The second kappa shape index (κ2) is 7.34. The molecule has 0 unspecified atom stereocenters. The minimum Gasteiger partial charge on any atom is -0.463 e. The molecule has 0 spiro atoms. The van der Waals surface area contributed by atoms with Crippen molar-refractivity contribution < 1.29 is 14.3 Å². The van der Waals surface area contributed by atoms with E-state index in [0.29, 0.717) is 17.8 Å². The summed E-state index contributed by atoms with van der Waals surface area (Å²) >= 11 is 3.38. The molecule has 1 aliphatic heterocycles. The predicted octanol–water partition coefficient (Wildman–Crippen LogP) is 3.48. The number of ether oxygens (including phenoxy) is 2. The lowest BCUT2D eigenvalue weighted by Gasteiger charge is -2.27. The van der Waals surface area contributed by atoms with Gasteiger partial charge in [0.1, 0.15) is 17.4 Å². The Morgan fingerprint density at radius 3 is 2.57 bits per heavy atom. The highest BCUT2D eigenvalue weighted by molar-refractivity contribution is 9.10. The molecule has 1 aromatic rings. The normalized spacial score (nSPS) is 17.6. The minimum atomic E-state index is -0.587. The van der Waals surface area contributed by atoms with Crippen LogP contribution in [0.3, 0.4) is 0 Å². The van der Waals surface area contributed by atoms with Crippen LogP contribution in [0, 0.1) is 11.3 Å². The molecule has 0 saturated heterocycles. The van der Waals surface area contributed by atoms with Gasteiger partial charge in [-0.25, -0.2) is 4.79 Å². The third-order valence-electron chi connectivity index (χ3n) is 3.52. The minimum absolute atomic E-state index is 0.0327. The monoisotopic (exact) mass is 376 g/mol. The summed E-state index contributed by atoms with van der Waals surface area (Å²) in [5, 5.41) is 9.48. The van der Waals surface area contributed by atoms with E-state index >= 15 is 0 Å². The van der Waals surface area contributed by atoms with Crippen LogP contribution < -0.4 is 5.73 Å². The van der Waals surface area contributed by atoms with Gasteiger partial charge in [-0.15, -0.1) is 0 Å². The molecular formula is C17H17BrN2O3. The first kappa shape index (κ1) is 17.1. The third-order valence-corrected chi connectivity index (χ3v) is 4.05. The SMILES string of the molecule is CCOC(=O)C1=C(CC)OC(N)=C(C#N)[C@@H]1c1ccc(Br)cc1. The van der Waals surface area contributed by atoms with Crippen LogP contribution in [0.2, 0.25) is 0 Å². The van der Waals surface area contributed by atoms with E-state index in [2.05, 4.69) is 22.0 Å². The van der Waals surface area contributed by atoms with E-state index < -0.39 is 11.9 Å². The van der Waals surface area contributed by atoms with Gasteiger partial charge >= 0.3 is 5.97 Å². The number of allylic oxidation sites excluding steroid dienone is 2. The average molecular weight is 377 g/mol. The van der Waals surface area contributed by atoms with Gasteiger partial charge < -0.3 is 15.2 Å². The standard InChI is InChI=1S/C17H17BrN2O3/c1-3-13-15(17(21)22-4-2)14(12(9-19)16(20)23-13)10-5-7-11(18)8-6-10/h5-8,14H,3-4,20H2,1-2H3/t14-/m0/s1. The van der Waals surface area contributed by atoms with Crippen molar-refractivity contribution in [1.29, 1.82) is 5.26 Å². The highest BCUT2D eigenvalue weighted by Gasteiger charge is 2.36. The maximum absolute atomic E-state index is 12.4. The molecule has 0 aromatic heterocycles. The van der Waals surface area contributed by atoms with Crippen molar-refractivity contribution in [3.8, 4) is 6.07 Å². The Morgan fingerprint density at radius 1 is 1.39 bits per heavy atom. The van der Waals surface area contributed by atoms with E-state index in [9.17, 15) is 10.1 Å². The lowest BCUT2D eigenvalue weighted by atomic mass is 9.82. The highest BCUT2D eigenvalue weighted by Crippen LogP contribution is 2.40. The van der Waals surface area contributed by atoms with Gasteiger partial charge in [-0.3, -0.25) is 0 Å². The van der Waals surface area contributed by atoms with Crippen LogP contribution in [0.15, 0.2) is 51.5 Å². The van der Waals surface area contributed by atoms with Crippen LogP contribution >= 0.6 is 15.9 Å². The molecule has 5 nitrogen and oxygen atoms in total. The lowest BCUT2D eigenvalue weighted by Crippen LogP contribution is -2.26. The molecule has 6 heteroatoms. The first-order valence-electron chi connectivity index (χ1n) is 7.26. The van der Waals surface area contributed by atoms with Gasteiger partial charge in [0, 0.05) is 10.9 Å². The molecule has 120 valence electrons. The van der Waals surface area contributed by atoms with E-state index in [1.807, 2.05) is 31.2 Å². The number of carbonyl (C=O) groups is 1. The number of nitrogens with two attached hydrogens (primary N) is 1. The smallest absolute Gasteiger partial charge is 0.338 e. The fraction of sp³-hybridized carbons (Fsp3) is 0.294. The van der Waals surface area contributed by atoms with Crippen LogP contribution in [-0.2, 0) is 14.3 Å². The number of hydrogen-bond acceptors (Lipinski definition) is 5. The highest BCUT2D eigenvalue weighted by atomic mass is 79.9. The number of rotatable bonds is 4. The third kappa shape index (κ3) is 3.40. The summed E-state index contributed by atoms with van der Waals surface area (Å²) in [7, 11) is 0. The molecule has 1 heterocycles. The van der Waals surface area contributed by atoms with E-state index in [-0.39, 0.29) is 18.1 Å². The number of nitriles is 1. The van der Waals surface area contributed by atoms with Gasteiger partial charge in [0.2, 0.25) is 5.88 Å². The Labute approximate surface area is 143 Å². The van der Waals surface area contributed by atoms with Crippen molar-refractivity contribution in [1.82, 2.24) is 0 Å². The van der Waals surface area contributed by atoms with E-state index in [4.69, 9.17) is 15.2 Å². The van der Waals surface area contributed by atoms with E-state index in [0.717, 1.165) is 10.0 Å². The zero-order valence-electron chi connectivity index (χ0n) is 12.9. The Hall–Kier alpha value is -2.26. The summed E-state index contributed by atoms with van der Waals surface area (Å²) in [5.41, 5.74) is 7.22. The summed E-state index contributed by atoms with van der Waals surface area (Å²) < 4.78 is 11.6. The van der Waals surface area contributed by atoms with E-state index in [1.54, 1.807) is 6.92 Å². The van der Waals surface area contributed by atoms with Crippen LogP contribution in [0.5, 0.6) is 0 Å².